The molecule has 52 heavy (non-hydrogen) atoms. The third-order valence-electron chi connectivity index (χ3n) is 10.0. The Bertz CT molecular complexity index is 1350. The molecule has 4 aromatic rings. The SMILES string of the molecule is Brc1ccccc1.CC1CCCC(=O)C1.CC1CCCC(C)(c2ccccc2)C1.CC1CCCC(O)(c2ccccc2)C1.[Br-].[H-].[H-].[Mg+2].[Mg+2].[c-]1ccccc1. The van der Waals surface area contributed by atoms with Crippen molar-refractivity contribution >= 4 is 67.8 Å². The monoisotopic (exact) mass is 852 g/mol. The minimum atomic E-state index is -0.557. The van der Waals surface area contributed by atoms with Crippen LogP contribution in [-0.2, 0) is 15.8 Å². The Morgan fingerprint density at radius 2 is 1.12 bits per heavy atom. The maximum absolute atomic E-state index is 10.7. The molecule has 0 spiro atoms. The van der Waals surface area contributed by atoms with E-state index >= 15 is 0 Å². The fourth-order valence-corrected chi connectivity index (χ4v) is 7.75. The van der Waals surface area contributed by atoms with Crippen LogP contribution in [0.25, 0.3) is 0 Å². The molecule has 4 aromatic carbocycles. The summed E-state index contributed by atoms with van der Waals surface area (Å²) in [7, 11) is 0. The van der Waals surface area contributed by atoms with Crippen LogP contribution in [0.2, 0.25) is 0 Å². The molecule has 0 aromatic heterocycles. The van der Waals surface area contributed by atoms with Gasteiger partial charge in [0.05, 0.1) is 5.60 Å². The molecule has 5 unspecified atom stereocenters. The maximum Gasteiger partial charge on any atom is 2.00 e. The first-order valence-electron chi connectivity index (χ1n) is 18.6. The number of hydrogen-bond acceptors (Lipinski definition) is 2. The zero-order chi connectivity index (χ0) is 35.4. The van der Waals surface area contributed by atoms with Gasteiger partial charge in [-0.05, 0) is 91.4 Å². The molecule has 0 heterocycles. The molecule has 0 aliphatic heterocycles. The van der Waals surface area contributed by atoms with Gasteiger partial charge in [0.2, 0.25) is 0 Å². The second-order valence-electron chi connectivity index (χ2n) is 14.8. The standard InChI is InChI=1S/C14H20.C13H18O.C7H12O.C6H5Br.C6H5.BrH.2Mg.2H/c1-12-7-6-10-14(2,11-12)13-8-4-3-5-9-13;1-11-6-5-9-13(14,10-11)12-7-3-2-4-8-12;1-6-3-2-4-7(8)5-6;7-6-4-2-1-3-5-6;1-2-4-6-5-3-1;;;;;/h3-5,8-9,12H,6-7,10-11H2,1-2H3;2-4,7-8,11,14H,5-6,9-10H2,1H3;6H,2-5H2,1H3;1-5H;1-5H;1H;;;;/q;;;;-1;;2*+2;2*-1/p-1. The van der Waals surface area contributed by atoms with Crippen molar-refractivity contribution in [3.63, 3.8) is 0 Å². The van der Waals surface area contributed by atoms with Gasteiger partial charge in [0.15, 0.2) is 0 Å². The van der Waals surface area contributed by atoms with E-state index in [0.717, 1.165) is 54.5 Å². The van der Waals surface area contributed by atoms with Crippen LogP contribution in [0.3, 0.4) is 0 Å². The zero-order valence-corrected chi connectivity index (χ0v) is 38.3. The number of benzene rings is 4. The molecule has 276 valence electrons. The van der Waals surface area contributed by atoms with Crippen LogP contribution < -0.4 is 17.0 Å². The minimum Gasteiger partial charge on any atom is -1.00 e. The van der Waals surface area contributed by atoms with Crippen LogP contribution in [-0.4, -0.2) is 57.0 Å². The van der Waals surface area contributed by atoms with Crippen molar-refractivity contribution in [1.29, 1.82) is 0 Å². The molecule has 3 aliphatic rings. The Hall–Kier alpha value is -0.998. The predicted molar refractivity (Wildman–Crippen MR) is 225 cm³/mol. The number of carbonyl (C=O) groups excluding carboxylic acids is 1. The van der Waals surface area contributed by atoms with Crippen molar-refractivity contribution < 1.29 is 29.7 Å². The van der Waals surface area contributed by atoms with Gasteiger partial charge in [-0.15, -0.1) is 0 Å². The molecule has 1 N–H and O–H groups in total. The van der Waals surface area contributed by atoms with Crippen LogP contribution in [0.4, 0.5) is 0 Å². The molecule has 3 aliphatic carbocycles. The molecule has 3 saturated carbocycles. The molecule has 3 fully saturated rings. The van der Waals surface area contributed by atoms with E-state index in [0.29, 0.717) is 23.0 Å². The second-order valence-corrected chi connectivity index (χ2v) is 15.8. The average molecular weight is 855 g/mol. The molecule has 0 saturated heterocycles. The first-order valence-corrected chi connectivity index (χ1v) is 19.4. The van der Waals surface area contributed by atoms with Crippen molar-refractivity contribution in [2.24, 2.45) is 17.8 Å². The van der Waals surface area contributed by atoms with Gasteiger partial charge in [-0.2, -0.15) is 36.4 Å². The minimum absolute atomic E-state index is 0. The van der Waals surface area contributed by atoms with Crippen molar-refractivity contribution in [1.82, 2.24) is 0 Å². The Labute approximate surface area is 370 Å². The van der Waals surface area contributed by atoms with Crippen molar-refractivity contribution in [3.8, 4) is 0 Å². The maximum atomic E-state index is 10.7. The number of ketones is 1. The van der Waals surface area contributed by atoms with E-state index in [2.05, 4.69) is 80.0 Å². The number of hydrogen-bond donors (Lipinski definition) is 1. The Kier molecular flexibility index (Phi) is 27.9. The fraction of sp³-hybridized carbons (Fsp3) is 0.457. The van der Waals surface area contributed by atoms with Gasteiger partial charge in [-0.25, -0.2) is 0 Å². The van der Waals surface area contributed by atoms with Gasteiger partial charge in [0.25, 0.3) is 0 Å². The van der Waals surface area contributed by atoms with Crippen LogP contribution in [0.5, 0.6) is 0 Å². The van der Waals surface area contributed by atoms with Gasteiger partial charge in [0.1, 0.15) is 5.78 Å². The van der Waals surface area contributed by atoms with Gasteiger partial charge >= 0.3 is 46.1 Å². The van der Waals surface area contributed by atoms with Crippen molar-refractivity contribution in [2.45, 2.75) is 116 Å². The number of halogens is 2. The zero-order valence-electron chi connectivity index (χ0n) is 34.3. The summed E-state index contributed by atoms with van der Waals surface area (Å²) in [4.78, 5) is 10.7. The molecule has 0 amide bonds. The third kappa shape index (κ3) is 20.1. The summed E-state index contributed by atoms with van der Waals surface area (Å²) in [5, 5.41) is 10.5. The summed E-state index contributed by atoms with van der Waals surface area (Å²) in [5.74, 6) is 2.67. The van der Waals surface area contributed by atoms with E-state index in [1.54, 1.807) is 0 Å². The molecule has 5 atom stereocenters. The third-order valence-corrected chi connectivity index (χ3v) is 10.6. The summed E-state index contributed by atoms with van der Waals surface area (Å²) >= 11 is 3.31. The van der Waals surface area contributed by atoms with Gasteiger partial charge < -0.3 is 24.9 Å². The molecule has 6 heteroatoms. The predicted octanol–water partition coefficient (Wildman–Crippen LogP) is 9.41. The molecular weight excluding hydrogens is 793 g/mol. The molecular formula is C46H62Br2Mg2O2. The quantitative estimate of drug-likeness (QED) is 0.161. The second kappa shape index (κ2) is 28.4. The molecule has 7 rings (SSSR count). The van der Waals surface area contributed by atoms with Crippen LogP contribution in [0, 0.1) is 23.8 Å². The number of rotatable bonds is 2. The van der Waals surface area contributed by atoms with E-state index in [4.69, 9.17) is 0 Å². The van der Waals surface area contributed by atoms with Crippen LogP contribution in [0.1, 0.15) is 119 Å². The molecule has 0 radical (unpaired) electrons. The first kappa shape index (κ1) is 51.0. The topological polar surface area (TPSA) is 37.3 Å². The Morgan fingerprint density at radius 1 is 0.654 bits per heavy atom. The van der Waals surface area contributed by atoms with Crippen molar-refractivity contribution in [3.05, 3.63) is 143 Å². The summed E-state index contributed by atoms with van der Waals surface area (Å²) < 4.78 is 1.13. The summed E-state index contributed by atoms with van der Waals surface area (Å²) in [6.45, 7) is 9.20. The average Bonchev–Trinajstić information content (AvgIpc) is 3.11. The summed E-state index contributed by atoms with van der Waals surface area (Å²) in [6.07, 6.45) is 13.8. The van der Waals surface area contributed by atoms with E-state index in [1.165, 1.54) is 44.1 Å². The van der Waals surface area contributed by atoms with Gasteiger partial charge in [0, 0.05) is 17.3 Å². The van der Waals surface area contributed by atoms with Crippen LogP contribution in [0.15, 0.2) is 126 Å². The van der Waals surface area contributed by atoms with E-state index in [-0.39, 0.29) is 65.9 Å². The molecule has 2 nitrogen and oxygen atoms in total. The number of carbonyl (C=O) groups is 1. The summed E-state index contributed by atoms with van der Waals surface area (Å²) in [6, 6.07) is 43.6. The largest absolute Gasteiger partial charge is 2.00 e. The smallest absolute Gasteiger partial charge is 1.00 e. The first-order chi connectivity index (χ1) is 23.6. The van der Waals surface area contributed by atoms with Crippen molar-refractivity contribution in [2.75, 3.05) is 0 Å². The van der Waals surface area contributed by atoms with E-state index < -0.39 is 5.60 Å². The van der Waals surface area contributed by atoms with E-state index in [1.807, 2.05) is 91.0 Å². The van der Waals surface area contributed by atoms with E-state index in [9.17, 15) is 9.90 Å². The normalized spacial score (nSPS) is 24.5. The van der Waals surface area contributed by atoms with Gasteiger partial charge in [-0.1, -0.05) is 142 Å². The van der Waals surface area contributed by atoms with Gasteiger partial charge in [-0.3, -0.25) is 4.79 Å². The Morgan fingerprint density at radius 3 is 1.50 bits per heavy atom. The summed E-state index contributed by atoms with van der Waals surface area (Å²) in [5.41, 5.74) is 2.51. The van der Waals surface area contributed by atoms with Crippen LogP contribution >= 0.6 is 15.9 Å². The fourth-order valence-electron chi connectivity index (χ4n) is 7.45. The number of aliphatic hydroxyl groups is 1. The molecule has 0 bridgehead atoms. The number of Topliss-reactive ketones (excluding diaryl/α,β-unsaturated/α-hetero) is 1. The Balaban J connectivity index is -0.000000611.